The number of rotatable bonds is 18. The molecule has 0 radical (unpaired) electrons. The molecule has 0 amide bonds. The van der Waals surface area contributed by atoms with Gasteiger partial charge in [0.2, 0.25) is 0 Å². The normalized spacial score (nSPS) is 22.2. The summed E-state index contributed by atoms with van der Waals surface area (Å²) >= 11 is 0. The largest absolute Gasteiger partial charge is 0.493 e. The number of epoxide rings is 2. The summed E-state index contributed by atoms with van der Waals surface area (Å²) in [5.74, 6) is 0. The van der Waals surface area contributed by atoms with Gasteiger partial charge in [0.05, 0.1) is 26.4 Å². The second kappa shape index (κ2) is 11.9. The molecule has 0 aromatic heterocycles. The maximum Gasteiger partial charge on any atom is 0.493 e. The Morgan fingerprint density at radius 1 is 0.704 bits per heavy atom. The highest BCUT2D eigenvalue weighted by Gasteiger charge is 2.51. The van der Waals surface area contributed by atoms with Crippen molar-refractivity contribution < 1.29 is 40.8 Å². The lowest BCUT2D eigenvalue weighted by molar-refractivity contribution is 0.0753. The standard InChI is InChI=1S/C16H34O9Si2/c1-17-26(18-2,9-5-7-21-11-15-13-23-15)25-27(19-3,20-4)10-6-8-22-12-16-14-24-16/h15-16H,5-14H2,1-4H3. The Morgan fingerprint density at radius 2 is 1.07 bits per heavy atom. The smallest absolute Gasteiger partial charge is 0.379 e. The maximum absolute atomic E-state index is 6.33. The molecule has 0 aromatic rings. The van der Waals surface area contributed by atoms with E-state index in [1.54, 1.807) is 28.4 Å². The van der Waals surface area contributed by atoms with Gasteiger partial charge in [0, 0.05) is 53.7 Å². The Hall–Kier alpha value is 0.0738. The molecule has 2 aliphatic heterocycles. The van der Waals surface area contributed by atoms with Gasteiger partial charge in [-0.2, -0.15) is 0 Å². The highest BCUT2D eigenvalue weighted by atomic mass is 28.5. The number of hydrogen-bond donors (Lipinski definition) is 0. The second-order valence-corrected chi connectivity index (χ2v) is 12.7. The summed E-state index contributed by atoms with van der Waals surface area (Å²) in [5, 5.41) is 0. The van der Waals surface area contributed by atoms with E-state index in [1.165, 1.54) is 0 Å². The van der Waals surface area contributed by atoms with E-state index in [9.17, 15) is 0 Å². The van der Waals surface area contributed by atoms with Gasteiger partial charge in [-0.3, -0.25) is 0 Å². The molecule has 11 heteroatoms. The minimum atomic E-state index is -2.92. The molecule has 27 heavy (non-hydrogen) atoms. The van der Waals surface area contributed by atoms with Gasteiger partial charge in [-0.15, -0.1) is 0 Å². The third-order valence-electron chi connectivity index (χ3n) is 4.51. The van der Waals surface area contributed by atoms with Crippen molar-refractivity contribution in [2.45, 2.75) is 37.1 Å². The summed E-state index contributed by atoms with van der Waals surface area (Å²) in [6, 6.07) is 1.25. The first-order valence-corrected chi connectivity index (χ1v) is 13.3. The average Bonchev–Trinajstić information content (AvgIpc) is 3.61. The van der Waals surface area contributed by atoms with Gasteiger partial charge >= 0.3 is 17.6 Å². The van der Waals surface area contributed by atoms with E-state index in [1.807, 2.05) is 0 Å². The topological polar surface area (TPSA) is 89.7 Å². The van der Waals surface area contributed by atoms with Crippen molar-refractivity contribution in [1.29, 1.82) is 0 Å². The number of ether oxygens (including phenoxy) is 4. The molecule has 160 valence electrons. The highest BCUT2D eigenvalue weighted by molar-refractivity contribution is 6.74. The Labute approximate surface area is 164 Å². The molecule has 2 rings (SSSR count). The molecule has 0 aromatic carbocycles. The monoisotopic (exact) mass is 426 g/mol. The van der Waals surface area contributed by atoms with Crippen LogP contribution < -0.4 is 0 Å². The van der Waals surface area contributed by atoms with Crippen LogP contribution in [0.2, 0.25) is 12.1 Å². The van der Waals surface area contributed by atoms with Crippen LogP contribution in [0.15, 0.2) is 0 Å². The first-order valence-electron chi connectivity index (χ1n) is 9.40. The van der Waals surface area contributed by atoms with E-state index in [0.29, 0.717) is 38.5 Å². The van der Waals surface area contributed by atoms with Crippen LogP contribution in [0.3, 0.4) is 0 Å². The summed E-state index contributed by atoms with van der Waals surface area (Å²) in [6.07, 6.45) is 2.07. The van der Waals surface area contributed by atoms with Gasteiger partial charge in [0.15, 0.2) is 0 Å². The molecule has 2 atom stereocenters. The van der Waals surface area contributed by atoms with Gasteiger partial charge in [-0.1, -0.05) is 0 Å². The SMILES string of the molecule is CO[Si](CCCOCC1CO1)(OC)O[Si](CCCOCC1CO1)(OC)OC. The minimum absolute atomic E-state index is 0.267. The lowest BCUT2D eigenvalue weighted by atomic mass is 10.5. The lowest BCUT2D eigenvalue weighted by Gasteiger charge is -2.35. The number of hydrogen-bond acceptors (Lipinski definition) is 9. The third kappa shape index (κ3) is 8.54. The van der Waals surface area contributed by atoms with Crippen LogP contribution in [0, 0.1) is 0 Å². The molecule has 9 nitrogen and oxygen atoms in total. The zero-order valence-corrected chi connectivity index (χ0v) is 18.9. The van der Waals surface area contributed by atoms with Crippen molar-refractivity contribution >= 4 is 17.6 Å². The molecule has 2 aliphatic rings. The Balaban J connectivity index is 1.76. The molecule has 0 saturated carbocycles. The van der Waals surface area contributed by atoms with Gasteiger partial charge in [-0.05, 0) is 12.8 Å². The summed E-state index contributed by atoms with van der Waals surface area (Å²) in [5.41, 5.74) is 0. The van der Waals surface area contributed by atoms with Crippen LogP contribution >= 0.6 is 0 Å². The van der Waals surface area contributed by atoms with Crippen LogP contribution in [0.5, 0.6) is 0 Å². The fourth-order valence-corrected chi connectivity index (χ4v) is 8.97. The zero-order valence-electron chi connectivity index (χ0n) is 16.9. The van der Waals surface area contributed by atoms with Crippen LogP contribution in [0.25, 0.3) is 0 Å². The van der Waals surface area contributed by atoms with Gasteiger partial charge in [0.25, 0.3) is 0 Å². The molecule has 2 unspecified atom stereocenters. The molecule has 2 fully saturated rings. The van der Waals surface area contributed by atoms with Crippen LogP contribution in [-0.2, 0) is 40.8 Å². The van der Waals surface area contributed by atoms with Gasteiger partial charge < -0.3 is 40.8 Å². The van der Waals surface area contributed by atoms with Crippen molar-refractivity contribution in [3.63, 3.8) is 0 Å². The zero-order chi connectivity index (χ0) is 19.6. The third-order valence-corrected chi connectivity index (χ3v) is 11.4. The van der Waals surface area contributed by atoms with E-state index < -0.39 is 17.6 Å². The molecule has 2 heterocycles. The fourth-order valence-electron chi connectivity index (χ4n) is 2.62. The lowest BCUT2D eigenvalue weighted by Crippen LogP contribution is -2.57. The molecule has 0 spiro atoms. The van der Waals surface area contributed by atoms with Crippen LogP contribution in [-0.4, -0.2) is 97.9 Å². The average molecular weight is 427 g/mol. The Kier molecular flexibility index (Phi) is 10.3. The molecule has 0 aliphatic carbocycles. The maximum atomic E-state index is 6.33. The van der Waals surface area contributed by atoms with Crippen molar-refractivity contribution in [2.24, 2.45) is 0 Å². The van der Waals surface area contributed by atoms with Crippen molar-refractivity contribution in [3.05, 3.63) is 0 Å². The first-order chi connectivity index (χ1) is 13.1. The Bertz CT molecular complexity index is 363. The predicted octanol–water partition coefficient (Wildman–Crippen LogP) is 1.08. The molecule has 2 saturated heterocycles. The van der Waals surface area contributed by atoms with Crippen molar-refractivity contribution in [1.82, 2.24) is 0 Å². The van der Waals surface area contributed by atoms with Gasteiger partial charge in [-0.25, -0.2) is 0 Å². The summed E-state index contributed by atoms with van der Waals surface area (Å²) in [7, 11) is 0.598. The molecular weight excluding hydrogens is 392 g/mol. The van der Waals surface area contributed by atoms with E-state index in [0.717, 1.165) is 26.1 Å². The van der Waals surface area contributed by atoms with E-state index >= 15 is 0 Å². The van der Waals surface area contributed by atoms with Crippen LogP contribution in [0.1, 0.15) is 12.8 Å². The van der Waals surface area contributed by atoms with Crippen LogP contribution in [0.4, 0.5) is 0 Å². The van der Waals surface area contributed by atoms with Crippen molar-refractivity contribution in [2.75, 3.05) is 68.1 Å². The quantitative estimate of drug-likeness (QED) is 0.181. The van der Waals surface area contributed by atoms with E-state index in [-0.39, 0.29) is 12.2 Å². The molecule has 0 bridgehead atoms. The summed E-state index contributed by atoms with van der Waals surface area (Å²) in [6.45, 7) is 4.08. The summed E-state index contributed by atoms with van der Waals surface area (Å²) < 4.78 is 50.6. The molecule has 0 N–H and O–H groups in total. The predicted molar refractivity (Wildman–Crippen MR) is 101 cm³/mol. The Morgan fingerprint density at radius 3 is 1.37 bits per heavy atom. The van der Waals surface area contributed by atoms with E-state index in [4.69, 9.17) is 40.8 Å². The second-order valence-electron chi connectivity index (χ2n) is 6.55. The van der Waals surface area contributed by atoms with Gasteiger partial charge in [0.1, 0.15) is 12.2 Å². The summed E-state index contributed by atoms with van der Waals surface area (Å²) in [4.78, 5) is 0. The highest BCUT2D eigenvalue weighted by Crippen LogP contribution is 2.26. The fraction of sp³-hybridized carbons (Fsp3) is 1.00. The molecular formula is C16H34O9Si2. The van der Waals surface area contributed by atoms with Crippen molar-refractivity contribution in [3.8, 4) is 0 Å². The van der Waals surface area contributed by atoms with E-state index in [2.05, 4.69) is 0 Å². The minimum Gasteiger partial charge on any atom is -0.379 e. The first kappa shape index (κ1) is 23.4.